The number of carbonyl (C=O) groups excluding carboxylic acids is 2. The van der Waals surface area contributed by atoms with Gasteiger partial charge in [0.15, 0.2) is 5.82 Å². The maximum absolute atomic E-state index is 11.4. The predicted octanol–water partition coefficient (Wildman–Crippen LogP) is 2.42. The first-order valence-electron chi connectivity index (χ1n) is 5.02. The Morgan fingerprint density at radius 2 is 2.06 bits per heavy atom. The molecule has 96 valence electrons. The van der Waals surface area contributed by atoms with Crippen LogP contribution in [0.2, 0.25) is 0 Å². The molecule has 0 spiro atoms. The Hall–Kier alpha value is -1.22. The Morgan fingerprint density at radius 1 is 1.33 bits per heavy atom. The monoisotopic (exact) mass is 378 g/mol. The van der Waals surface area contributed by atoms with Gasteiger partial charge in [-0.1, -0.05) is 0 Å². The number of aromatic nitrogens is 2. The van der Waals surface area contributed by atoms with E-state index in [0.29, 0.717) is 9.21 Å². The van der Waals surface area contributed by atoms with Crippen molar-refractivity contribution in [3.05, 3.63) is 15.4 Å². The molecule has 1 aromatic heterocycles. The van der Waals surface area contributed by atoms with Crippen LogP contribution >= 0.6 is 31.9 Å². The molecule has 9 heteroatoms. The summed E-state index contributed by atoms with van der Waals surface area (Å²) in [5, 5.41) is 4.82. The maximum atomic E-state index is 11.4. The van der Waals surface area contributed by atoms with E-state index >= 15 is 0 Å². The van der Waals surface area contributed by atoms with Crippen molar-refractivity contribution < 1.29 is 14.3 Å². The van der Waals surface area contributed by atoms with Crippen molar-refractivity contribution in [3.8, 4) is 0 Å². The van der Waals surface area contributed by atoms with Crippen LogP contribution in [0.5, 0.6) is 0 Å². The summed E-state index contributed by atoms with van der Waals surface area (Å²) in [6.45, 7) is 0. The second-order valence-electron chi connectivity index (χ2n) is 3.55. The molecule has 0 radical (unpaired) electrons. The summed E-state index contributed by atoms with van der Waals surface area (Å²) in [6, 6.07) is 0.129. The number of hydrogen-bond donors (Lipinski definition) is 2. The molecular formula is C9H8Br2N4O3. The van der Waals surface area contributed by atoms with E-state index in [0.717, 1.165) is 12.8 Å². The van der Waals surface area contributed by atoms with Gasteiger partial charge < -0.3 is 10.1 Å². The van der Waals surface area contributed by atoms with Gasteiger partial charge in [-0.15, -0.1) is 0 Å². The second kappa shape index (κ2) is 5.61. The van der Waals surface area contributed by atoms with Gasteiger partial charge >= 0.3 is 12.2 Å². The summed E-state index contributed by atoms with van der Waals surface area (Å²) < 4.78 is 5.33. The molecule has 2 N–H and O–H groups in total. The highest BCUT2D eigenvalue weighted by molar-refractivity contribution is 9.11. The molecule has 0 saturated heterocycles. The zero-order valence-electron chi connectivity index (χ0n) is 8.94. The third kappa shape index (κ3) is 3.91. The van der Waals surface area contributed by atoms with Crippen molar-refractivity contribution in [3.63, 3.8) is 0 Å². The maximum Gasteiger partial charge on any atom is 0.421 e. The molecule has 1 aromatic rings. The van der Waals surface area contributed by atoms with Gasteiger partial charge in [0.1, 0.15) is 9.21 Å². The summed E-state index contributed by atoms with van der Waals surface area (Å²) >= 11 is 6.24. The van der Waals surface area contributed by atoms with Crippen molar-refractivity contribution in [2.24, 2.45) is 0 Å². The average molecular weight is 380 g/mol. The number of nitrogens with zero attached hydrogens (tertiary/aromatic N) is 2. The Balaban J connectivity index is 1.87. The van der Waals surface area contributed by atoms with Gasteiger partial charge in [-0.3, -0.25) is 5.32 Å². The van der Waals surface area contributed by atoms with Gasteiger partial charge in [0.25, 0.3) is 0 Å². The first kappa shape index (κ1) is 13.2. The Bertz CT molecular complexity index is 493. The normalized spacial score (nSPS) is 13.9. The predicted molar refractivity (Wildman–Crippen MR) is 69.1 cm³/mol. The molecule has 1 heterocycles. The topological polar surface area (TPSA) is 93.2 Å². The number of rotatable bonds is 2. The van der Waals surface area contributed by atoms with Crippen LogP contribution in [0.3, 0.4) is 0 Å². The lowest BCUT2D eigenvalue weighted by Crippen LogP contribution is -2.30. The van der Waals surface area contributed by atoms with E-state index in [1.54, 1.807) is 0 Å². The highest BCUT2D eigenvalue weighted by Crippen LogP contribution is 2.20. The lowest BCUT2D eigenvalue weighted by atomic mass is 10.6. The SMILES string of the molecule is O=C(Nc1ncc(Br)nc1Br)OC(=O)NC1CC1. The highest BCUT2D eigenvalue weighted by Gasteiger charge is 2.25. The van der Waals surface area contributed by atoms with Gasteiger partial charge in [0.2, 0.25) is 0 Å². The molecule has 0 aliphatic heterocycles. The zero-order chi connectivity index (χ0) is 13.1. The minimum atomic E-state index is -0.912. The summed E-state index contributed by atoms with van der Waals surface area (Å²) in [5.41, 5.74) is 0. The van der Waals surface area contributed by atoms with Crippen molar-refractivity contribution in [1.82, 2.24) is 15.3 Å². The lowest BCUT2D eigenvalue weighted by Gasteiger charge is -2.06. The lowest BCUT2D eigenvalue weighted by molar-refractivity contribution is 0.159. The van der Waals surface area contributed by atoms with E-state index < -0.39 is 12.2 Å². The van der Waals surface area contributed by atoms with Gasteiger partial charge in [0.05, 0.1) is 6.20 Å². The highest BCUT2D eigenvalue weighted by atomic mass is 79.9. The summed E-state index contributed by atoms with van der Waals surface area (Å²) in [5.74, 6) is 0.169. The molecule has 1 aliphatic rings. The van der Waals surface area contributed by atoms with Crippen molar-refractivity contribution in [2.45, 2.75) is 18.9 Å². The Labute approximate surface area is 119 Å². The fourth-order valence-electron chi connectivity index (χ4n) is 1.06. The molecular weight excluding hydrogens is 372 g/mol. The van der Waals surface area contributed by atoms with Crippen LogP contribution in [0.4, 0.5) is 15.4 Å². The van der Waals surface area contributed by atoms with Crippen molar-refractivity contribution in [1.29, 1.82) is 0 Å². The number of alkyl carbamates (subject to hydrolysis) is 1. The molecule has 1 aliphatic carbocycles. The third-order valence-corrected chi connectivity index (χ3v) is 2.94. The number of anilines is 1. The van der Waals surface area contributed by atoms with E-state index in [9.17, 15) is 9.59 Å². The number of carbonyl (C=O) groups is 2. The van der Waals surface area contributed by atoms with E-state index in [4.69, 9.17) is 0 Å². The zero-order valence-corrected chi connectivity index (χ0v) is 12.1. The van der Waals surface area contributed by atoms with Crippen LogP contribution in [0.1, 0.15) is 12.8 Å². The first-order valence-corrected chi connectivity index (χ1v) is 6.60. The van der Waals surface area contributed by atoms with Crippen LogP contribution in [0.25, 0.3) is 0 Å². The van der Waals surface area contributed by atoms with Gasteiger partial charge in [-0.25, -0.2) is 19.6 Å². The number of nitrogens with one attached hydrogen (secondary N) is 2. The van der Waals surface area contributed by atoms with Crippen LogP contribution in [0.15, 0.2) is 15.4 Å². The number of hydrogen-bond acceptors (Lipinski definition) is 5. The van der Waals surface area contributed by atoms with Crippen LogP contribution in [0, 0.1) is 0 Å². The average Bonchev–Trinajstić information content (AvgIpc) is 3.05. The van der Waals surface area contributed by atoms with E-state index in [1.807, 2.05) is 0 Å². The van der Waals surface area contributed by atoms with Crippen molar-refractivity contribution in [2.75, 3.05) is 5.32 Å². The van der Waals surface area contributed by atoms with E-state index in [2.05, 4.69) is 57.2 Å². The number of amides is 2. The Kier molecular flexibility index (Phi) is 4.12. The molecule has 1 saturated carbocycles. The van der Waals surface area contributed by atoms with E-state index in [-0.39, 0.29) is 11.9 Å². The largest absolute Gasteiger partial charge is 0.421 e. The number of halogens is 2. The third-order valence-electron chi connectivity index (χ3n) is 2.01. The quantitative estimate of drug-likeness (QED) is 0.769. The van der Waals surface area contributed by atoms with E-state index in [1.165, 1.54) is 6.20 Å². The van der Waals surface area contributed by atoms with Crippen LogP contribution in [-0.2, 0) is 4.74 Å². The van der Waals surface area contributed by atoms with Gasteiger partial charge in [0, 0.05) is 6.04 Å². The molecule has 0 aromatic carbocycles. The first-order chi connectivity index (χ1) is 8.54. The molecule has 0 unspecified atom stereocenters. The molecule has 2 rings (SSSR count). The minimum absolute atomic E-state index is 0.129. The van der Waals surface area contributed by atoms with Gasteiger partial charge in [-0.2, -0.15) is 0 Å². The number of ether oxygens (including phenoxy) is 1. The second-order valence-corrected chi connectivity index (χ2v) is 5.12. The fraction of sp³-hybridized carbons (Fsp3) is 0.333. The summed E-state index contributed by atoms with van der Waals surface area (Å²) in [6.07, 6.45) is 1.56. The molecule has 7 nitrogen and oxygen atoms in total. The molecule has 0 bridgehead atoms. The molecule has 1 fully saturated rings. The Morgan fingerprint density at radius 3 is 2.67 bits per heavy atom. The molecule has 0 atom stereocenters. The van der Waals surface area contributed by atoms with Gasteiger partial charge in [-0.05, 0) is 44.7 Å². The summed E-state index contributed by atoms with van der Waals surface area (Å²) in [7, 11) is 0. The fourth-order valence-corrected chi connectivity index (χ4v) is 1.97. The van der Waals surface area contributed by atoms with Crippen molar-refractivity contribution >= 4 is 49.9 Å². The molecule has 2 amide bonds. The minimum Gasteiger partial charge on any atom is -0.359 e. The summed E-state index contributed by atoms with van der Waals surface area (Å²) in [4.78, 5) is 30.4. The smallest absolute Gasteiger partial charge is 0.359 e. The van der Waals surface area contributed by atoms with Crippen LogP contribution in [-0.4, -0.2) is 28.2 Å². The van der Waals surface area contributed by atoms with Crippen LogP contribution < -0.4 is 10.6 Å². The standard InChI is InChI=1S/C9H8Br2N4O3/c10-5-3-12-7(6(11)14-5)15-9(17)18-8(16)13-4-1-2-4/h3-4H,1-2H2,(H,13,16)(H,12,15,17). The molecule has 18 heavy (non-hydrogen) atoms.